The van der Waals surface area contributed by atoms with Crippen LogP contribution in [-0.4, -0.2) is 230 Å². The van der Waals surface area contributed by atoms with Crippen LogP contribution in [-0.2, 0) is 28.8 Å². The number of hydrogen-bond donors (Lipinski definition) is 4. The topological polar surface area (TPSA) is 249 Å². The quantitative estimate of drug-likeness (QED) is 0.0308. The van der Waals surface area contributed by atoms with Crippen molar-refractivity contribution in [3.8, 4) is 51.1 Å². The van der Waals surface area contributed by atoms with Crippen LogP contribution >= 0.6 is 0 Å². The smallest absolute Gasteiger partial charge is 0.234 e. The van der Waals surface area contributed by atoms with Crippen LogP contribution < -0.4 is 21.3 Å². The predicted octanol–water partition coefficient (Wildman–Crippen LogP) is 6.33. The standard InChI is InChI=1S/C68H90N16O6/c1-78(45-47-82(5)65(89)33-31-61(85)76-67-72-57(53-23-11-7-12-24-53)49-58(73-67)54-25-13-8-14-26-54)41-43-80(3)51-63(87)70-36-21-39-84(38-20-19-35-69)40-22-37-71-64(88)52-81(4)44-42-79(2)46-48-83(6)66(90)34-32-62(86)77-68-74-59(55-27-15-9-16-28-55)50-60(75-68)56-29-17-10-18-30-56/h7-18,23-30,49-50H,19-22,31-34,36-48,51-52H2,1-6H3,(H,70,87)(H,71,88)(H,72,73,76,85)(H,74,75,77,86). The zero-order chi connectivity index (χ0) is 64.5. The third-order valence-corrected chi connectivity index (χ3v) is 15.1. The number of benzene rings is 4. The Labute approximate surface area is 531 Å². The predicted molar refractivity (Wildman–Crippen MR) is 353 cm³/mol. The highest BCUT2D eigenvalue weighted by Gasteiger charge is 2.19. The summed E-state index contributed by atoms with van der Waals surface area (Å²) in [6.07, 6.45) is 2.73. The molecule has 2 aromatic heterocycles. The molecule has 4 aromatic carbocycles. The lowest BCUT2D eigenvalue weighted by Gasteiger charge is -2.25. The van der Waals surface area contributed by atoms with Gasteiger partial charge in [-0.2, -0.15) is 5.26 Å². The van der Waals surface area contributed by atoms with E-state index in [2.05, 4.69) is 62.0 Å². The van der Waals surface area contributed by atoms with Gasteiger partial charge in [0, 0.05) is 134 Å². The van der Waals surface area contributed by atoms with Crippen molar-refractivity contribution in [3.63, 3.8) is 0 Å². The Balaban J connectivity index is 0.780. The highest BCUT2D eigenvalue weighted by atomic mass is 16.2. The Hall–Kier alpha value is -8.85. The van der Waals surface area contributed by atoms with Gasteiger partial charge in [0.25, 0.3) is 0 Å². The van der Waals surface area contributed by atoms with Crippen LogP contribution in [0.3, 0.4) is 0 Å². The molecule has 0 atom stereocenters. The summed E-state index contributed by atoms with van der Waals surface area (Å²) in [5.74, 6) is -0.766. The maximum atomic E-state index is 13.0. The molecule has 0 aliphatic carbocycles. The zero-order valence-electron chi connectivity index (χ0n) is 53.3. The molecule has 0 fully saturated rings. The number of rotatable bonds is 39. The van der Waals surface area contributed by atoms with Gasteiger partial charge in [-0.25, -0.2) is 19.9 Å². The number of unbranched alkanes of at least 4 members (excludes halogenated alkanes) is 1. The number of carbonyl (C=O) groups excluding carboxylic acids is 6. The van der Waals surface area contributed by atoms with Crippen molar-refractivity contribution in [1.29, 1.82) is 5.26 Å². The molecular formula is C68H90N16O6. The van der Waals surface area contributed by atoms with Gasteiger partial charge in [0.05, 0.1) is 41.9 Å². The number of aromatic nitrogens is 4. The summed E-state index contributed by atoms with van der Waals surface area (Å²) in [5, 5.41) is 20.8. The van der Waals surface area contributed by atoms with Crippen molar-refractivity contribution in [2.24, 2.45) is 0 Å². The van der Waals surface area contributed by atoms with E-state index in [0.29, 0.717) is 94.6 Å². The first-order valence-electron chi connectivity index (χ1n) is 31.0. The van der Waals surface area contributed by atoms with E-state index < -0.39 is 0 Å². The summed E-state index contributed by atoms with van der Waals surface area (Å²) in [6, 6.07) is 44.7. The molecular weight excluding hydrogens is 1140 g/mol. The second kappa shape index (κ2) is 38.5. The van der Waals surface area contributed by atoms with E-state index in [4.69, 9.17) is 5.26 Å². The van der Waals surface area contributed by atoms with Gasteiger partial charge in [0.2, 0.25) is 47.3 Å². The normalized spacial score (nSPS) is 11.2. The van der Waals surface area contributed by atoms with Crippen molar-refractivity contribution in [2.45, 2.75) is 51.4 Å². The molecule has 0 unspecified atom stereocenters. The third-order valence-electron chi connectivity index (χ3n) is 15.1. The van der Waals surface area contributed by atoms with E-state index in [1.807, 2.05) is 171 Å². The molecule has 6 amide bonds. The zero-order valence-corrected chi connectivity index (χ0v) is 53.3. The minimum atomic E-state index is -0.348. The SMILES string of the molecule is CN(CCN(C)CC(=O)NCCCN(CCCC#N)CCCNC(=O)CN(C)CCN(C)CCN(C)C(=O)CCC(=O)Nc1nc(-c2ccccc2)cc(-c2ccccc2)n1)CCN(C)C(=O)CCC(=O)Nc1nc(-c2ccccc2)cc(-c2ccccc2)n1. The molecule has 90 heavy (non-hydrogen) atoms. The van der Waals surface area contributed by atoms with Gasteiger partial charge in [-0.1, -0.05) is 121 Å². The first-order chi connectivity index (χ1) is 43.5. The van der Waals surface area contributed by atoms with Gasteiger partial charge in [-0.05, 0) is 79.2 Å². The molecule has 0 spiro atoms. The molecule has 0 bridgehead atoms. The Morgan fingerprint density at radius 2 is 0.700 bits per heavy atom. The number of amides is 6. The maximum absolute atomic E-state index is 13.0. The average Bonchev–Trinajstić information content (AvgIpc) is 1.33. The number of likely N-dealkylation sites (N-methyl/N-ethyl adjacent to an activating group) is 6. The summed E-state index contributed by atoms with van der Waals surface area (Å²) in [7, 11) is 11.2. The molecule has 2 heterocycles. The first-order valence-corrected chi connectivity index (χ1v) is 31.0. The summed E-state index contributed by atoms with van der Waals surface area (Å²) >= 11 is 0. The fourth-order valence-corrected chi connectivity index (χ4v) is 9.57. The lowest BCUT2D eigenvalue weighted by Crippen LogP contribution is -2.41. The highest BCUT2D eigenvalue weighted by molar-refractivity contribution is 5.93. The van der Waals surface area contributed by atoms with Crippen LogP contribution in [0.4, 0.5) is 11.9 Å². The number of carbonyl (C=O) groups is 6. The summed E-state index contributed by atoms with van der Waals surface area (Å²) in [4.78, 5) is 110. The van der Waals surface area contributed by atoms with Gasteiger partial charge in [0.15, 0.2) is 0 Å². The van der Waals surface area contributed by atoms with E-state index >= 15 is 0 Å². The molecule has 0 aliphatic heterocycles. The molecule has 478 valence electrons. The van der Waals surface area contributed by atoms with Crippen LogP contribution in [0.25, 0.3) is 45.0 Å². The molecule has 22 nitrogen and oxygen atoms in total. The molecule has 0 radical (unpaired) electrons. The monoisotopic (exact) mass is 1230 g/mol. The van der Waals surface area contributed by atoms with Crippen molar-refractivity contribution in [3.05, 3.63) is 133 Å². The molecule has 22 heteroatoms. The number of nitriles is 1. The number of nitrogens with zero attached hydrogens (tertiary/aromatic N) is 12. The molecule has 4 N–H and O–H groups in total. The average molecular weight is 1230 g/mol. The van der Waals surface area contributed by atoms with Gasteiger partial charge in [-0.15, -0.1) is 0 Å². The van der Waals surface area contributed by atoms with Crippen molar-refractivity contribution < 1.29 is 28.8 Å². The first kappa shape index (κ1) is 70.2. The number of anilines is 2. The fraction of sp³-hybridized carbons (Fsp3) is 0.426. The number of hydrogen-bond acceptors (Lipinski definition) is 16. The third kappa shape index (κ3) is 26.1. The van der Waals surface area contributed by atoms with Gasteiger partial charge < -0.3 is 35.1 Å². The molecule has 0 aliphatic rings. The van der Waals surface area contributed by atoms with Crippen LogP contribution in [0.2, 0.25) is 0 Å². The molecule has 0 saturated carbocycles. The van der Waals surface area contributed by atoms with Gasteiger partial charge >= 0.3 is 0 Å². The summed E-state index contributed by atoms with van der Waals surface area (Å²) in [6.45, 7) is 8.62. The van der Waals surface area contributed by atoms with Crippen LogP contribution in [0.1, 0.15) is 51.4 Å². The van der Waals surface area contributed by atoms with Crippen molar-refractivity contribution in [1.82, 2.24) is 64.9 Å². The Bertz CT molecular complexity index is 2910. The summed E-state index contributed by atoms with van der Waals surface area (Å²) < 4.78 is 0. The molecule has 6 aromatic rings. The van der Waals surface area contributed by atoms with E-state index in [0.717, 1.165) is 61.2 Å². The van der Waals surface area contributed by atoms with Gasteiger partial charge in [0.1, 0.15) is 0 Å². The fourth-order valence-electron chi connectivity index (χ4n) is 9.57. The maximum Gasteiger partial charge on any atom is 0.234 e. The largest absolute Gasteiger partial charge is 0.355 e. The van der Waals surface area contributed by atoms with Crippen molar-refractivity contribution >= 4 is 47.3 Å². The summed E-state index contributed by atoms with van der Waals surface area (Å²) in [5.41, 5.74) is 6.27. The lowest BCUT2D eigenvalue weighted by atomic mass is 10.1. The van der Waals surface area contributed by atoms with Crippen LogP contribution in [0.15, 0.2) is 133 Å². The minimum absolute atomic E-state index is 0.0143. The minimum Gasteiger partial charge on any atom is -0.355 e. The Kier molecular flexibility index (Phi) is 30.1. The van der Waals surface area contributed by atoms with Crippen molar-refractivity contribution in [2.75, 3.05) is 151 Å². The Morgan fingerprint density at radius 1 is 0.389 bits per heavy atom. The number of nitrogens with one attached hydrogen (secondary N) is 4. The second-order valence-corrected chi connectivity index (χ2v) is 22.7. The van der Waals surface area contributed by atoms with E-state index in [1.54, 1.807) is 23.9 Å². The van der Waals surface area contributed by atoms with Crippen LogP contribution in [0.5, 0.6) is 0 Å². The van der Waals surface area contributed by atoms with E-state index in [-0.39, 0.29) is 86.1 Å². The van der Waals surface area contributed by atoms with E-state index in [1.165, 1.54) is 0 Å². The highest BCUT2D eigenvalue weighted by Crippen LogP contribution is 2.27. The second-order valence-electron chi connectivity index (χ2n) is 22.7. The van der Waals surface area contributed by atoms with Gasteiger partial charge in [-0.3, -0.25) is 49.2 Å². The molecule has 0 saturated heterocycles. The van der Waals surface area contributed by atoms with Crippen LogP contribution in [0, 0.1) is 11.3 Å². The Morgan fingerprint density at radius 3 is 1.03 bits per heavy atom. The lowest BCUT2D eigenvalue weighted by molar-refractivity contribution is -0.132. The van der Waals surface area contributed by atoms with E-state index in [9.17, 15) is 28.8 Å². The molecule has 6 rings (SSSR count).